The number of hydrogen-bond donors (Lipinski definition) is 0. The van der Waals surface area contributed by atoms with Crippen LogP contribution < -0.4 is 21.6 Å². The second-order valence-corrected chi connectivity index (χ2v) is 10.5. The summed E-state index contributed by atoms with van der Waals surface area (Å²) in [5.41, 5.74) is 2.96. The Kier molecular flexibility index (Phi) is 4.93. The second kappa shape index (κ2) is 7.01. The van der Waals surface area contributed by atoms with Crippen molar-refractivity contribution in [1.82, 2.24) is 0 Å². The normalized spacial score (nSPS) is 12.9. The minimum absolute atomic E-state index is 0.327. The van der Waals surface area contributed by atoms with Gasteiger partial charge in [0.05, 0.1) is 15.5 Å². The maximum atomic E-state index is 12.6. The number of halogens is 5. The summed E-state index contributed by atoms with van der Waals surface area (Å²) in [6, 6.07) is 14.5. The molecule has 0 bridgehead atoms. The van der Waals surface area contributed by atoms with E-state index in [0.29, 0.717) is 20.7 Å². The molecule has 28 heavy (non-hydrogen) atoms. The van der Waals surface area contributed by atoms with E-state index in [9.17, 15) is 21.6 Å². The zero-order valence-electron chi connectivity index (χ0n) is 13.8. The number of benzene rings is 3. The Labute approximate surface area is 175 Å². The number of alkyl halides is 3. The molecular weight excluding hydrogens is 528 g/mol. The van der Waals surface area contributed by atoms with Crippen LogP contribution in [0.5, 0.6) is 0 Å². The first kappa shape index (κ1) is 19.7. The zero-order chi connectivity index (χ0) is 20.1. The lowest BCUT2D eigenvalue weighted by molar-refractivity contribution is -0.836. The van der Waals surface area contributed by atoms with Crippen molar-refractivity contribution in [3.05, 3.63) is 74.8 Å². The van der Waals surface area contributed by atoms with Crippen molar-refractivity contribution in [2.24, 2.45) is 0 Å². The van der Waals surface area contributed by atoms with Crippen molar-refractivity contribution in [3.8, 4) is 22.3 Å². The van der Waals surface area contributed by atoms with E-state index in [1.807, 2.05) is 30.3 Å². The molecule has 3 aromatic rings. The minimum atomic E-state index is -4.54. The van der Waals surface area contributed by atoms with Gasteiger partial charge in [-0.05, 0) is 49.5 Å². The molecule has 0 radical (unpaired) electrons. The van der Waals surface area contributed by atoms with E-state index in [1.165, 1.54) is 0 Å². The summed E-state index contributed by atoms with van der Waals surface area (Å²) < 4.78 is 68.6. The van der Waals surface area contributed by atoms with Gasteiger partial charge in [0.15, 0.2) is 0 Å². The summed E-state index contributed by atoms with van der Waals surface area (Å²) in [5.74, 6) is 0. The Balaban J connectivity index is 1.60. The van der Waals surface area contributed by atoms with Gasteiger partial charge >= 0.3 is 37.9 Å². The zero-order valence-corrected chi connectivity index (χ0v) is 17.5. The summed E-state index contributed by atoms with van der Waals surface area (Å²) in [6.07, 6.45) is -4.54. The van der Waals surface area contributed by atoms with Crippen molar-refractivity contribution in [2.45, 2.75) is 11.1 Å². The minimum Gasteiger partial charge on any atom is -0.190 e. The molecule has 0 saturated heterocycles. The lowest BCUT2D eigenvalue weighted by Crippen LogP contribution is -3.62. The van der Waals surface area contributed by atoms with Gasteiger partial charge < -0.3 is 0 Å². The summed E-state index contributed by atoms with van der Waals surface area (Å²) in [7, 11) is -4.20. The summed E-state index contributed by atoms with van der Waals surface area (Å²) in [6.45, 7) is 0. The SMILES string of the molecule is O=S(=O)(O[I+]c1c(Cl)ccc2c1-c1ccccc1-2)c1ccc(C(F)(F)F)cc1. The summed E-state index contributed by atoms with van der Waals surface area (Å²) >= 11 is 4.78. The highest BCUT2D eigenvalue weighted by molar-refractivity contribution is 7.86. The lowest BCUT2D eigenvalue weighted by Gasteiger charge is -2.22. The van der Waals surface area contributed by atoms with E-state index in [0.717, 1.165) is 34.4 Å². The fourth-order valence-corrected chi connectivity index (χ4v) is 7.01. The van der Waals surface area contributed by atoms with Crippen LogP contribution >= 0.6 is 11.6 Å². The maximum Gasteiger partial charge on any atom is 0.543 e. The molecule has 0 atom stereocenters. The highest BCUT2D eigenvalue weighted by atomic mass is 127. The maximum absolute atomic E-state index is 12.6. The van der Waals surface area contributed by atoms with Crippen molar-refractivity contribution in [3.63, 3.8) is 0 Å². The Morgan fingerprint density at radius 2 is 1.50 bits per heavy atom. The molecule has 3 nitrogen and oxygen atoms in total. The van der Waals surface area contributed by atoms with Crippen LogP contribution in [0, 0.1) is 3.57 Å². The Morgan fingerprint density at radius 3 is 2.14 bits per heavy atom. The van der Waals surface area contributed by atoms with Crippen LogP contribution in [-0.4, -0.2) is 8.42 Å². The van der Waals surface area contributed by atoms with Crippen LogP contribution in [0.1, 0.15) is 5.56 Å². The van der Waals surface area contributed by atoms with Gasteiger partial charge in [0.25, 0.3) is 3.57 Å². The van der Waals surface area contributed by atoms with Crippen LogP contribution in [-0.2, 0) is 18.8 Å². The molecule has 0 aromatic heterocycles. The molecule has 0 unspecified atom stereocenters. The number of hydrogen-bond acceptors (Lipinski definition) is 3. The molecule has 0 fully saturated rings. The fraction of sp³-hybridized carbons (Fsp3) is 0.0526. The lowest BCUT2D eigenvalue weighted by atomic mass is 9.81. The van der Waals surface area contributed by atoms with Gasteiger partial charge in [-0.15, -0.1) is 0 Å². The van der Waals surface area contributed by atoms with Crippen LogP contribution in [0.2, 0.25) is 5.02 Å². The Hall–Kier alpha value is -1.62. The smallest absolute Gasteiger partial charge is 0.190 e. The summed E-state index contributed by atoms with van der Waals surface area (Å²) in [4.78, 5) is -0.327. The first-order valence-corrected chi connectivity index (χ1v) is 11.6. The third-order valence-corrected chi connectivity index (χ3v) is 9.48. The predicted octanol–water partition coefficient (Wildman–Crippen LogP) is 2.59. The number of fused-ring (bicyclic) bond motifs is 4. The molecule has 0 heterocycles. The van der Waals surface area contributed by atoms with E-state index < -0.39 is 43.5 Å². The van der Waals surface area contributed by atoms with E-state index in [2.05, 4.69) is 0 Å². The van der Waals surface area contributed by atoms with E-state index in [1.54, 1.807) is 6.07 Å². The van der Waals surface area contributed by atoms with Crippen molar-refractivity contribution >= 4 is 21.7 Å². The van der Waals surface area contributed by atoms with Crippen molar-refractivity contribution in [2.75, 3.05) is 0 Å². The Morgan fingerprint density at radius 1 is 0.857 bits per heavy atom. The fourth-order valence-electron chi connectivity index (χ4n) is 2.91. The van der Waals surface area contributed by atoms with Gasteiger partial charge in [0, 0.05) is 5.56 Å². The second-order valence-electron chi connectivity index (χ2n) is 5.95. The van der Waals surface area contributed by atoms with Gasteiger partial charge in [0.1, 0.15) is 0 Å². The molecule has 144 valence electrons. The third-order valence-electron chi connectivity index (χ3n) is 4.24. The van der Waals surface area contributed by atoms with Crippen LogP contribution in [0.15, 0.2) is 65.6 Å². The van der Waals surface area contributed by atoms with Gasteiger partial charge in [-0.25, -0.2) is 0 Å². The Bertz CT molecular complexity index is 1180. The molecule has 1 aliphatic carbocycles. The van der Waals surface area contributed by atoms with E-state index in [4.69, 9.17) is 14.1 Å². The molecule has 0 spiro atoms. The molecule has 0 saturated carbocycles. The first-order chi connectivity index (χ1) is 13.2. The molecule has 3 aromatic carbocycles. The average Bonchev–Trinajstić information content (AvgIpc) is 2.64. The molecule has 0 aliphatic heterocycles. The van der Waals surface area contributed by atoms with Gasteiger partial charge in [-0.2, -0.15) is 21.6 Å². The van der Waals surface area contributed by atoms with Crippen molar-refractivity contribution < 1.29 is 45.7 Å². The average molecular weight is 538 g/mol. The molecule has 1 aliphatic rings. The predicted molar refractivity (Wildman–Crippen MR) is 94.3 cm³/mol. The van der Waals surface area contributed by atoms with Gasteiger partial charge in [0.2, 0.25) is 0 Å². The number of rotatable bonds is 4. The topological polar surface area (TPSA) is 43.4 Å². The molecule has 0 amide bonds. The quantitative estimate of drug-likeness (QED) is 0.376. The van der Waals surface area contributed by atoms with E-state index in [-0.39, 0.29) is 4.90 Å². The molecule has 0 N–H and O–H groups in total. The highest BCUT2D eigenvalue weighted by Crippen LogP contribution is 2.47. The first-order valence-electron chi connectivity index (χ1n) is 7.86. The van der Waals surface area contributed by atoms with Gasteiger partial charge in [-0.1, -0.05) is 41.9 Å². The van der Waals surface area contributed by atoms with Crippen molar-refractivity contribution in [1.29, 1.82) is 0 Å². The molecule has 4 rings (SSSR count). The summed E-state index contributed by atoms with van der Waals surface area (Å²) in [5, 5.41) is 0.406. The standard InChI is InChI=1S/C19H10ClF3IO3S/c20-16-10-9-15-13-3-1-2-4-14(13)17(15)18(16)24-27-28(25,26)12-7-5-11(6-8-12)19(21,22)23/h1-10H/q+1. The van der Waals surface area contributed by atoms with Gasteiger partial charge in [-0.3, -0.25) is 0 Å². The monoisotopic (exact) mass is 537 g/mol. The molecule has 9 heteroatoms. The van der Waals surface area contributed by atoms with Crippen LogP contribution in [0.4, 0.5) is 13.2 Å². The van der Waals surface area contributed by atoms with Crippen LogP contribution in [0.25, 0.3) is 22.3 Å². The molecular formula is C19H10ClF3IO3S+. The van der Waals surface area contributed by atoms with E-state index >= 15 is 0 Å². The largest absolute Gasteiger partial charge is 0.543 e. The third kappa shape index (κ3) is 3.42. The van der Waals surface area contributed by atoms with Crippen LogP contribution in [0.3, 0.4) is 0 Å². The highest BCUT2D eigenvalue weighted by Gasteiger charge is 2.38.